The number of sulfone groups is 1. The van der Waals surface area contributed by atoms with Gasteiger partial charge >= 0.3 is 0 Å². The molecule has 0 rings (SSSR count). The summed E-state index contributed by atoms with van der Waals surface area (Å²) in [6.45, 7) is 2.68. The minimum Gasteiger partial charge on any atom is -0.370 e. The molecule has 0 aliphatic carbocycles. The molecular weight excluding hydrogens is 256 g/mol. The quantitative estimate of drug-likeness (QED) is 0.627. The van der Waals surface area contributed by atoms with Gasteiger partial charge in [-0.2, -0.15) is 0 Å². The van der Waals surface area contributed by atoms with Crippen molar-refractivity contribution in [2.75, 3.05) is 5.88 Å². The number of halogens is 1. The molecule has 0 radical (unpaired) electrons. The number of rotatable bonds is 6. The molecule has 3 N–H and O–H groups in total. The van der Waals surface area contributed by atoms with Crippen molar-refractivity contribution in [3.8, 4) is 0 Å². The highest BCUT2D eigenvalue weighted by atomic mass is 35.5. The van der Waals surface area contributed by atoms with Gasteiger partial charge in [-0.3, -0.25) is 9.59 Å². The van der Waals surface area contributed by atoms with E-state index in [2.05, 4.69) is 5.32 Å². The predicted molar refractivity (Wildman–Crippen MR) is 60.5 cm³/mol. The Morgan fingerprint density at radius 2 is 1.88 bits per heavy atom. The van der Waals surface area contributed by atoms with Gasteiger partial charge in [-0.15, -0.1) is 11.6 Å². The lowest BCUT2D eigenvalue weighted by atomic mass is 10.3. The molecule has 2 unspecified atom stereocenters. The average molecular weight is 271 g/mol. The van der Waals surface area contributed by atoms with E-state index in [1.165, 1.54) is 13.8 Å². The van der Waals surface area contributed by atoms with Crippen LogP contribution in [-0.4, -0.2) is 36.7 Å². The summed E-state index contributed by atoms with van der Waals surface area (Å²) in [6, 6.07) is 0. The molecule has 0 saturated heterocycles. The van der Waals surface area contributed by atoms with E-state index in [0.29, 0.717) is 0 Å². The Kier molecular flexibility index (Phi) is 5.74. The maximum absolute atomic E-state index is 11.8. The van der Waals surface area contributed by atoms with Crippen LogP contribution >= 0.6 is 11.6 Å². The molecule has 8 heteroatoms. The number of nitrogens with two attached hydrogens (primary N) is 1. The van der Waals surface area contributed by atoms with Crippen LogP contribution in [0.5, 0.6) is 0 Å². The summed E-state index contributed by atoms with van der Waals surface area (Å²) in [5.41, 5.74) is 4.91. The zero-order valence-electron chi connectivity index (χ0n) is 9.07. The fourth-order valence-electron chi connectivity index (χ4n) is 1.10. The maximum Gasteiger partial charge on any atom is 0.235 e. The lowest BCUT2D eigenvalue weighted by Gasteiger charge is -2.18. The van der Waals surface area contributed by atoms with Crippen LogP contribution in [0.4, 0.5) is 0 Å². The standard InChI is InChI=1S/C8H15ClN2O4S/c1-5(3-7(10)12)16(14,15)6(2)11-8(13)4-9/h5-6H,3-4H2,1-2H3,(H2,10,12)(H,11,13). The lowest BCUT2D eigenvalue weighted by molar-refractivity contribution is -0.119. The molecule has 0 bridgehead atoms. The lowest BCUT2D eigenvalue weighted by Crippen LogP contribution is -2.43. The van der Waals surface area contributed by atoms with Crippen molar-refractivity contribution in [1.29, 1.82) is 0 Å². The molecular formula is C8H15ClN2O4S. The summed E-state index contributed by atoms with van der Waals surface area (Å²) < 4.78 is 23.5. The second-order valence-electron chi connectivity index (χ2n) is 3.41. The van der Waals surface area contributed by atoms with Crippen LogP contribution in [0.15, 0.2) is 0 Å². The predicted octanol–water partition coefficient (Wildman–Crippen LogP) is -0.634. The Morgan fingerprint density at radius 3 is 2.25 bits per heavy atom. The first-order valence-electron chi connectivity index (χ1n) is 4.58. The summed E-state index contributed by atoms with van der Waals surface area (Å²) in [6.07, 6.45) is -0.274. The third kappa shape index (κ3) is 4.36. The van der Waals surface area contributed by atoms with E-state index in [4.69, 9.17) is 17.3 Å². The van der Waals surface area contributed by atoms with Crippen LogP contribution in [-0.2, 0) is 19.4 Å². The highest BCUT2D eigenvalue weighted by Crippen LogP contribution is 2.10. The summed E-state index contributed by atoms with van der Waals surface area (Å²) in [5.74, 6) is -1.60. The maximum atomic E-state index is 11.8. The molecule has 16 heavy (non-hydrogen) atoms. The van der Waals surface area contributed by atoms with Gasteiger partial charge in [-0.05, 0) is 13.8 Å². The second kappa shape index (κ2) is 6.05. The van der Waals surface area contributed by atoms with Crippen molar-refractivity contribution >= 4 is 33.3 Å². The van der Waals surface area contributed by atoms with Crippen molar-refractivity contribution in [2.24, 2.45) is 5.73 Å². The Hall–Kier alpha value is -0.820. The molecule has 6 nitrogen and oxygen atoms in total. The van der Waals surface area contributed by atoms with Crippen LogP contribution in [0.1, 0.15) is 20.3 Å². The molecule has 94 valence electrons. The number of amides is 2. The van der Waals surface area contributed by atoms with Gasteiger partial charge in [0.15, 0.2) is 9.84 Å². The van der Waals surface area contributed by atoms with Crippen molar-refractivity contribution in [2.45, 2.75) is 30.9 Å². The molecule has 0 spiro atoms. The van der Waals surface area contributed by atoms with E-state index in [9.17, 15) is 18.0 Å². The first-order chi connectivity index (χ1) is 7.21. The van der Waals surface area contributed by atoms with Gasteiger partial charge in [0.1, 0.15) is 11.3 Å². The van der Waals surface area contributed by atoms with Gasteiger partial charge in [0.2, 0.25) is 11.8 Å². The van der Waals surface area contributed by atoms with Gasteiger partial charge in [0, 0.05) is 6.42 Å². The van der Waals surface area contributed by atoms with Gasteiger partial charge in [0.25, 0.3) is 0 Å². The number of alkyl halides is 1. The van der Waals surface area contributed by atoms with Gasteiger partial charge in [-0.25, -0.2) is 8.42 Å². The largest absolute Gasteiger partial charge is 0.370 e. The van der Waals surface area contributed by atoms with E-state index < -0.39 is 32.3 Å². The second-order valence-corrected chi connectivity index (χ2v) is 6.37. The van der Waals surface area contributed by atoms with E-state index >= 15 is 0 Å². The molecule has 0 fully saturated rings. The Morgan fingerprint density at radius 1 is 1.38 bits per heavy atom. The molecule has 0 aromatic carbocycles. The normalized spacial score (nSPS) is 15.2. The number of carbonyl (C=O) groups is 2. The average Bonchev–Trinajstić information content (AvgIpc) is 2.16. The summed E-state index contributed by atoms with van der Waals surface area (Å²) in [5, 5.41) is 0.189. The number of hydrogen-bond donors (Lipinski definition) is 2. The van der Waals surface area contributed by atoms with Gasteiger partial charge in [0.05, 0.1) is 5.25 Å². The molecule has 2 amide bonds. The highest BCUT2D eigenvalue weighted by Gasteiger charge is 2.29. The number of nitrogens with one attached hydrogen (secondary N) is 1. The van der Waals surface area contributed by atoms with Crippen LogP contribution in [0.3, 0.4) is 0 Å². The van der Waals surface area contributed by atoms with E-state index in [-0.39, 0.29) is 12.3 Å². The van der Waals surface area contributed by atoms with Gasteiger partial charge < -0.3 is 11.1 Å². The van der Waals surface area contributed by atoms with Crippen LogP contribution in [0.25, 0.3) is 0 Å². The molecule has 2 atom stereocenters. The Labute approximate surface area is 99.4 Å². The zero-order valence-corrected chi connectivity index (χ0v) is 10.6. The molecule has 0 aliphatic rings. The minimum atomic E-state index is -3.63. The van der Waals surface area contributed by atoms with Crippen molar-refractivity contribution in [1.82, 2.24) is 5.32 Å². The van der Waals surface area contributed by atoms with Crippen LogP contribution in [0.2, 0.25) is 0 Å². The van der Waals surface area contributed by atoms with Crippen LogP contribution in [0, 0.1) is 0 Å². The molecule has 0 heterocycles. The first-order valence-corrected chi connectivity index (χ1v) is 6.72. The molecule has 0 aliphatic heterocycles. The summed E-state index contributed by atoms with van der Waals surface area (Å²) >= 11 is 5.23. The molecule has 0 aromatic rings. The van der Waals surface area contributed by atoms with Crippen molar-refractivity contribution in [3.05, 3.63) is 0 Å². The van der Waals surface area contributed by atoms with Crippen molar-refractivity contribution < 1.29 is 18.0 Å². The number of primary amides is 1. The molecule has 0 aromatic heterocycles. The Bertz CT molecular complexity index is 368. The first kappa shape index (κ1) is 15.2. The smallest absolute Gasteiger partial charge is 0.235 e. The van der Waals surface area contributed by atoms with E-state index in [1.54, 1.807) is 0 Å². The van der Waals surface area contributed by atoms with Gasteiger partial charge in [-0.1, -0.05) is 0 Å². The fraction of sp³-hybridized carbons (Fsp3) is 0.750. The summed E-state index contributed by atoms with van der Waals surface area (Å²) in [4.78, 5) is 21.5. The third-order valence-corrected chi connectivity index (χ3v) is 4.66. The van der Waals surface area contributed by atoms with E-state index in [0.717, 1.165) is 0 Å². The zero-order chi connectivity index (χ0) is 12.9. The SMILES string of the molecule is CC(CC(N)=O)S(=O)(=O)C(C)NC(=O)CCl. The van der Waals surface area contributed by atoms with E-state index in [1.807, 2.05) is 0 Å². The van der Waals surface area contributed by atoms with Crippen LogP contribution < -0.4 is 11.1 Å². The summed E-state index contributed by atoms with van der Waals surface area (Å²) in [7, 11) is -3.63. The Balaban J connectivity index is 4.65. The third-order valence-electron chi connectivity index (χ3n) is 2.03. The highest BCUT2D eigenvalue weighted by molar-refractivity contribution is 7.92. The number of hydrogen-bond acceptors (Lipinski definition) is 4. The topological polar surface area (TPSA) is 106 Å². The minimum absolute atomic E-state index is 0.274. The molecule has 0 saturated carbocycles. The fourth-order valence-corrected chi connectivity index (χ4v) is 2.56. The van der Waals surface area contributed by atoms with Crippen molar-refractivity contribution in [3.63, 3.8) is 0 Å². The monoisotopic (exact) mass is 270 g/mol. The number of carbonyl (C=O) groups excluding carboxylic acids is 2.